The summed E-state index contributed by atoms with van der Waals surface area (Å²) in [6.07, 6.45) is 0. The molecule has 1 aromatic rings. The van der Waals surface area contributed by atoms with Gasteiger partial charge in [-0.15, -0.1) is 0 Å². The van der Waals surface area contributed by atoms with Gasteiger partial charge in [0.25, 0.3) is 5.69 Å². The number of benzene rings is 1. The number of hydrogen-bond donors (Lipinski definition) is 1. The number of nitrogens with zero attached hydrogens (tertiary/aromatic N) is 2. The van der Waals surface area contributed by atoms with E-state index in [4.69, 9.17) is 11.6 Å². The number of hydrogen-bond acceptors (Lipinski definition) is 5. The van der Waals surface area contributed by atoms with Gasteiger partial charge in [-0.2, -0.15) is 4.31 Å². The topological polar surface area (TPSA) is 92.6 Å². The second-order valence-electron chi connectivity index (χ2n) is 4.98. The van der Waals surface area contributed by atoms with Crippen LogP contribution in [0.15, 0.2) is 17.0 Å². The molecule has 2 rings (SSSR count). The van der Waals surface area contributed by atoms with Crippen LogP contribution in [0.5, 0.6) is 0 Å². The number of nitro groups is 1. The number of halogens is 1. The molecule has 0 bridgehead atoms. The molecule has 0 radical (unpaired) electrons. The summed E-state index contributed by atoms with van der Waals surface area (Å²) in [7, 11) is -3.80. The SMILES string of the molecule is Cc1c(Cl)cc(S(=O)(=O)N2CCNC[C@@H]2C)cc1[N+](=O)[O-]. The minimum atomic E-state index is -3.80. The van der Waals surface area contributed by atoms with Crippen molar-refractivity contribution in [2.75, 3.05) is 19.6 Å². The van der Waals surface area contributed by atoms with Crippen molar-refractivity contribution in [2.24, 2.45) is 0 Å². The third kappa shape index (κ3) is 3.03. The van der Waals surface area contributed by atoms with Gasteiger partial charge in [0.15, 0.2) is 0 Å². The monoisotopic (exact) mass is 333 g/mol. The Labute approximate surface area is 128 Å². The lowest BCUT2D eigenvalue weighted by molar-refractivity contribution is -0.385. The highest BCUT2D eigenvalue weighted by molar-refractivity contribution is 7.89. The first-order valence-corrected chi connectivity index (χ1v) is 8.24. The first-order chi connectivity index (χ1) is 9.75. The average Bonchev–Trinajstić information content (AvgIpc) is 2.41. The van der Waals surface area contributed by atoms with Crippen molar-refractivity contribution in [3.8, 4) is 0 Å². The van der Waals surface area contributed by atoms with E-state index in [1.807, 2.05) is 0 Å². The Hall–Kier alpha value is -1.22. The molecule has 0 aromatic heterocycles. The van der Waals surface area contributed by atoms with Crippen LogP contribution in [0.3, 0.4) is 0 Å². The van der Waals surface area contributed by atoms with Crippen molar-refractivity contribution in [2.45, 2.75) is 24.8 Å². The van der Waals surface area contributed by atoms with E-state index in [0.29, 0.717) is 19.6 Å². The molecular formula is C12H16ClN3O4S. The van der Waals surface area contributed by atoms with Gasteiger partial charge in [-0.25, -0.2) is 8.42 Å². The van der Waals surface area contributed by atoms with E-state index in [2.05, 4.69) is 5.32 Å². The normalized spacial score (nSPS) is 20.4. The van der Waals surface area contributed by atoms with Crippen molar-refractivity contribution in [3.63, 3.8) is 0 Å². The number of nitro benzene ring substituents is 1. The summed E-state index contributed by atoms with van der Waals surface area (Å²) in [5.74, 6) is 0. The molecule has 1 heterocycles. The van der Waals surface area contributed by atoms with Gasteiger partial charge in [-0.1, -0.05) is 11.6 Å². The fraction of sp³-hybridized carbons (Fsp3) is 0.500. The van der Waals surface area contributed by atoms with Gasteiger partial charge in [0.05, 0.1) is 14.8 Å². The zero-order chi connectivity index (χ0) is 15.8. The average molecular weight is 334 g/mol. The van der Waals surface area contributed by atoms with Gasteiger partial charge < -0.3 is 5.32 Å². The second-order valence-corrected chi connectivity index (χ2v) is 7.27. The fourth-order valence-corrected chi connectivity index (χ4v) is 4.25. The Morgan fingerprint density at radius 1 is 1.48 bits per heavy atom. The number of nitrogens with one attached hydrogen (secondary N) is 1. The van der Waals surface area contributed by atoms with Crippen molar-refractivity contribution < 1.29 is 13.3 Å². The third-order valence-electron chi connectivity index (χ3n) is 3.53. The summed E-state index contributed by atoms with van der Waals surface area (Å²) in [5.41, 5.74) is -0.0298. The van der Waals surface area contributed by atoms with E-state index < -0.39 is 14.9 Å². The van der Waals surface area contributed by atoms with E-state index in [0.717, 1.165) is 6.07 Å². The molecule has 0 saturated carbocycles. The zero-order valence-electron chi connectivity index (χ0n) is 11.7. The Kier molecular flexibility index (Phi) is 4.52. The van der Waals surface area contributed by atoms with Crippen molar-refractivity contribution in [1.29, 1.82) is 0 Å². The van der Waals surface area contributed by atoms with Crippen LogP contribution in [0.1, 0.15) is 12.5 Å². The molecule has 0 spiro atoms. The van der Waals surface area contributed by atoms with E-state index in [-0.39, 0.29) is 27.2 Å². The molecule has 9 heteroatoms. The third-order valence-corrected chi connectivity index (χ3v) is 5.92. The predicted molar refractivity (Wildman–Crippen MR) is 79.1 cm³/mol. The highest BCUT2D eigenvalue weighted by Crippen LogP contribution is 2.31. The van der Waals surface area contributed by atoms with Crippen LogP contribution < -0.4 is 5.32 Å². The maximum atomic E-state index is 12.7. The van der Waals surface area contributed by atoms with E-state index in [1.165, 1.54) is 17.3 Å². The summed E-state index contributed by atoms with van der Waals surface area (Å²) in [6.45, 7) is 4.69. The highest BCUT2D eigenvalue weighted by atomic mass is 35.5. The molecule has 1 aliphatic heterocycles. The number of sulfonamides is 1. The highest BCUT2D eigenvalue weighted by Gasteiger charge is 2.32. The molecule has 1 saturated heterocycles. The summed E-state index contributed by atoms with van der Waals surface area (Å²) < 4.78 is 26.6. The van der Waals surface area contributed by atoms with Crippen LogP contribution in [0.25, 0.3) is 0 Å². The molecule has 21 heavy (non-hydrogen) atoms. The van der Waals surface area contributed by atoms with Crippen molar-refractivity contribution >= 4 is 27.3 Å². The summed E-state index contributed by atoms with van der Waals surface area (Å²) >= 11 is 5.94. The maximum absolute atomic E-state index is 12.7. The van der Waals surface area contributed by atoms with Gasteiger partial charge in [0.1, 0.15) is 0 Å². The predicted octanol–water partition coefficient (Wildman–Crippen LogP) is 1.54. The Morgan fingerprint density at radius 3 is 2.71 bits per heavy atom. The molecular weight excluding hydrogens is 318 g/mol. The number of piperazine rings is 1. The lowest BCUT2D eigenvalue weighted by Crippen LogP contribution is -2.52. The van der Waals surface area contributed by atoms with Crippen LogP contribution in [0, 0.1) is 17.0 Å². The Morgan fingerprint density at radius 2 is 2.14 bits per heavy atom. The first kappa shape index (κ1) is 16.2. The van der Waals surface area contributed by atoms with Gasteiger partial charge in [-0.3, -0.25) is 10.1 Å². The molecule has 0 unspecified atom stereocenters. The molecule has 1 atom stereocenters. The molecule has 1 aromatic carbocycles. The van der Waals surface area contributed by atoms with Crippen molar-refractivity contribution in [1.82, 2.24) is 9.62 Å². The summed E-state index contributed by atoms with van der Waals surface area (Å²) in [4.78, 5) is 10.3. The first-order valence-electron chi connectivity index (χ1n) is 6.42. The standard InChI is InChI=1S/C12H16ClN3O4S/c1-8-7-14-3-4-15(8)21(19,20)10-5-11(13)9(2)12(6-10)16(17)18/h5-6,8,14H,3-4,7H2,1-2H3/t8-/m0/s1. The Balaban J connectivity index is 2.52. The van der Waals surface area contributed by atoms with Gasteiger partial charge >= 0.3 is 0 Å². The summed E-state index contributed by atoms with van der Waals surface area (Å²) in [6, 6.07) is 2.13. The zero-order valence-corrected chi connectivity index (χ0v) is 13.2. The maximum Gasteiger partial charge on any atom is 0.275 e. The molecule has 0 aliphatic carbocycles. The minimum Gasteiger partial charge on any atom is -0.314 e. The minimum absolute atomic E-state index is 0.0746. The van der Waals surface area contributed by atoms with Gasteiger partial charge in [-0.05, 0) is 19.9 Å². The van der Waals surface area contributed by atoms with Crippen LogP contribution >= 0.6 is 11.6 Å². The fourth-order valence-electron chi connectivity index (χ4n) is 2.29. The molecule has 1 fully saturated rings. The molecule has 1 aliphatic rings. The Bertz CT molecular complexity index is 677. The van der Waals surface area contributed by atoms with Gasteiger partial charge in [0.2, 0.25) is 10.0 Å². The van der Waals surface area contributed by atoms with E-state index in [1.54, 1.807) is 6.92 Å². The second kappa shape index (κ2) is 5.88. The summed E-state index contributed by atoms with van der Waals surface area (Å²) in [5, 5.41) is 14.2. The smallest absolute Gasteiger partial charge is 0.275 e. The van der Waals surface area contributed by atoms with Gasteiger partial charge in [0, 0.05) is 37.3 Å². The lowest BCUT2D eigenvalue weighted by Gasteiger charge is -2.32. The molecule has 116 valence electrons. The lowest BCUT2D eigenvalue weighted by atomic mass is 10.2. The van der Waals surface area contributed by atoms with Crippen molar-refractivity contribution in [3.05, 3.63) is 32.8 Å². The molecule has 1 N–H and O–H groups in total. The number of rotatable bonds is 3. The largest absolute Gasteiger partial charge is 0.314 e. The molecule has 0 amide bonds. The van der Waals surface area contributed by atoms with E-state index >= 15 is 0 Å². The van der Waals surface area contributed by atoms with E-state index in [9.17, 15) is 18.5 Å². The van der Waals surface area contributed by atoms with Crippen LogP contribution in [0.4, 0.5) is 5.69 Å². The molecule has 7 nitrogen and oxygen atoms in total. The van der Waals surface area contributed by atoms with Crippen LogP contribution in [0.2, 0.25) is 5.02 Å². The van der Waals surface area contributed by atoms with Crippen LogP contribution in [-0.4, -0.2) is 43.3 Å². The quantitative estimate of drug-likeness (QED) is 0.669. The van der Waals surface area contributed by atoms with Crippen LogP contribution in [-0.2, 0) is 10.0 Å².